The smallest absolute Gasteiger partial charge is 0.369 e. The van der Waals surface area contributed by atoms with E-state index in [2.05, 4.69) is 10.4 Å². The molecule has 1 aromatic heterocycles. The van der Waals surface area contributed by atoms with Gasteiger partial charge in [0.2, 0.25) is 0 Å². The maximum atomic E-state index is 12.8. The molecular formula is C18H13ClF3N3. The second-order valence-electron chi connectivity index (χ2n) is 5.82. The Hall–Kier alpha value is -2.47. The molecule has 128 valence electrons. The van der Waals surface area contributed by atoms with Crippen LogP contribution in [0.25, 0.3) is 16.9 Å². The van der Waals surface area contributed by atoms with E-state index in [1.165, 1.54) is 12.1 Å². The van der Waals surface area contributed by atoms with Crippen molar-refractivity contribution in [3.8, 4) is 16.9 Å². The van der Waals surface area contributed by atoms with E-state index in [4.69, 9.17) is 11.6 Å². The van der Waals surface area contributed by atoms with Crippen molar-refractivity contribution in [1.29, 1.82) is 0 Å². The van der Waals surface area contributed by atoms with E-state index in [0.29, 0.717) is 16.3 Å². The summed E-state index contributed by atoms with van der Waals surface area (Å²) >= 11 is 6.06. The van der Waals surface area contributed by atoms with Crippen LogP contribution < -0.4 is 5.32 Å². The van der Waals surface area contributed by atoms with Gasteiger partial charge < -0.3 is 5.32 Å². The molecule has 0 atom stereocenters. The number of fused-ring (bicyclic) bond motifs is 1. The molecule has 0 radical (unpaired) electrons. The van der Waals surface area contributed by atoms with E-state index in [9.17, 15) is 13.2 Å². The van der Waals surface area contributed by atoms with Crippen molar-refractivity contribution < 1.29 is 13.2 Å². The maximum Gasteiger partial charge on any atom is 0.416 e. The van der Waals surface area contributed by atoms with Gasteiger partial charge in [-0.3, -0.25) is 0 Å². The average molecular weight is 364 g/mol. The average Bonchev–Trinajstić information content (AvgIpc) is 3.16. The SMILES string of the molecule is FC(F)(F)c1ccc(-c2nn(-c3cccc(Cl)c3)c3c2CCN3)cc1. The van der Waals surface area contributed by atoms with Crippen LogP contribution in [0.5, 0.6) is 0 Å². The van der Waals surface area contributed by atoms with E-state index in [1.54, 1.807) is 16.8 Å². The molecular weight excluding hydrogens is 351 g/mol. The van der Waals surface area contributed by atoms with Crippen LogP contribution in [0.3, 0.4) is 0 Å². The molecule has 1 N–H and O–H groups in total. The number of anilines is 1. The van der Waals surface area contributed by atoms with Crippen molar-refractivity contribution in [3.63, 3.8) is 0 Å². The minimum Gasteiger partial charge on any atom is -0.369 e. The van der Waals surface area contributed by atoms with Crippen molar-refractivity contribution in [2.24, 2.45) is 0 Å². The summed E-state index contributed by atoms with van der Waals surface area (Å²) < 4.78 is 40.0. The molecule has 25 heavy (non-hydrogen) atoms. The minimum atomic E-state index is -4.35. The van der Waals surface area contributed by atoms with Crippen LogP contribution in [0.15, 0.2) is 48.5 Å². The number of nitrogens with zero attached hydrogens (tertiary/aromatic N) is 2. The first-order chi connectivity index (χ1) is 11.9. The van der Waals surface area contributed by atoms with Gasteiger partial charge in [-0.1, -0.05) is 29.8 Å². The molecule has 2 heterocycles. The summed E-state index contributed by atoms with van der Waals surface area (Å²) in [5, 5.41) is 8.50. The van der Waals surface area contributed by atoms with E-state index < -0.39 is 11.7 Å². The number of hydrogen-bond acceptors (Lipinski definition) is 2. The Labute approximate surface area is 147 Å². The highest BCUT2D eigenvalue weighted by atomic mass is 35.5. The van der Waals surface area contributed by atoms with Crippen LogP contribution in [-0.4, -0.2) is 16.3 Å². The predicted molar refractivity (Wildman–Crippen MR) is 91.2 cm³/mol. The molecule has 0 saturated carbocycles. The van der Waals surface area contributed by atoms with E-state index in [1.807, 2.05) is 12.1 Å². The predicted octanol–water partition coefficient (Wildman–Crippen LogP) is 5.18. The van der Waals surface area contributed by atoms with Gasteiger partial charge in [0.05, 0.1) is 16.9 Å². The standard InChI is InChI=1S/C18H13ClF3N3/c19-13-2-1-3-14(10-13)25-17-15(8-9-23-17)16(24-25)11-4-6-12(7-5-11)18(20,21)22/h1-7,10,23H,8-9H2. The first-order valence-corrected chi connectivity index (χ1v) is 8.10. The highest BCUT2D eigenvalue weighted by Crippen LogP contribution is 2.36. The zero-order chi connectivity index (χ0) is 17.6. The van der Waals surface area contributed by atoms with Gasteiger partial charge in [0, 0.05) is 22.7 Å². The summed E-state index contributed by atoms with van der Waals surface area (Å²) in [6, 6.07) is 12.4. The molecule has 2 aromatic carbocycles. The van der Waals surface area contributed by atoms with Crippen LogP contribution in [0.2, 0.25) is 5.02 Å². The van der Waals surface area contributed by atoms with Gasteiger partial charge in [-0.05, 0) is 36.8 Å². The van der Waals surface area contributed by atoms with Crippen molar-refractivity contribution >= 4 is 17.4 Å². The monoisotopic (exact) mass is 363 g/mol. The third-order valence-corrected chi connectivity index (χ3v) is 4.42. The van der Waals surface area contributed by atoms with Gasteiger partial charge in [-0.25, -0.2) is 4.68 Å². The van der Waals surface area contributed by atoms with Crippen LogP contribution in [0.1, 0.15) is 11.1 Å². The molecule has 0 bridgehead atoms. The molecule has 0 amide bonds. The molecule has 3 aromatic rings. The number of aromatic nitrogens is 2. The molecule has 1 aliphatic rings. The van der Waals surface area contributed by atoms with Crippen LogP contribution in [0.4, 0.5) is 19.0 Å². The Morgan fingerprint density at radius 2 is 1.84 bits per heavy atom. The first kappa shape index (κ1) is 16.0. The van der Waals surface area contributed by atoms with E-state index in [0.717, 1.165) is 42.2 Å². The van der Waals surface area contributed by atoms with Crippen LogP contribution >= 0.6 is 11.6 Å². The molecule has 0 aliphatic carbocycles. The lowest BCUT2D eigenvalue weighted by Gasteiger charge is -2.07. The molecule has 0 unspecified atom stereocenters. The zero-order valence-corrected chi connectivity index (χ0v) is 13.7. The lowest BCUT2D eigenvalue weighted by Crippen LogP contribution is -2.05. The van der Waals surface area contributed by atoms with Crippen LogP contribution in [0, 0.1) is 0 Å². The molecule has 3 nitrogen and oxygen atoms in total. The van der Waals surface area contributed by atoms with E-state index >= 15 is 0 Å². The Kier molecular flexibility index (Phi) is 3.72. The van der Waals surface area contributed by atoms with Crippen molar-refractivity contribution in [3.05, 3.63) is 64.7 Å². The van der Waals surface area contributed by atoms with Gasteiger partial charge >= 0.3 is 6.18 Å². The minimum absolute atomic E-state index is 0.593. The number of alkyl halides is 3. The first-order valence-electron chi connectivity index (χ1n) is 7.73. The lowest BCUT2D eigenvalue weighted by atomic mass is 10.0. The maximum absolute atomic E-state index is 12.8. The highest BCUT2D eigenvalue weighted by molar-refractivity contribution is 6.30. The number of hydrogen-bond donors (Lipinski definition) is 1. The zero-order valence-electron chi connectivity index (χ0n) is 12.9. The van der Waals surface area contributed by atoms with Crippen molar-refractivity contribution in [1.82, 2.24) is 9.78 Å². The fourth-order valence-electron chi connectivity index (χ4n) is 3.02. The third-order valence-electron chi connectivity index (χ3n) is 4.19. The van der Waals surface area contributed by atoms with Gasteiger partial charge in [0.25, 0.3) is 0 Å². The Morgan fingerprint density at radius 1 is 1.08 bits per heavy atom. The highest BCUT2D eigenvalue weighted by Gasteiger charge is 2.30. The van der Waals surface area contributed by atoms with E-state index in [-0.39, 0.29) is 0 Å². The Bertz CT molecular complexity index is 930. The van der Waals surface area contributed by atoms with Gasteiger partial charge in [0.1, 0.15) is 5.82 Å². The summed E-state index contributed by atoms with van der Waals surface area (Å²) in [5.41, 5.74) is 2.48. The molecule has 0 fully saturated rings. The molecule has 0 spiro atoms. The van der Waals surface area contributed by atoms with Crippen molar-refractivity contribution in [2.45, 2.75) is 12.6 Å². The normalized spacial score (nSPS) is 13.6. The molecule has 0 saturated heterocycles. The summed E-state index contributed by atoms with van der Waals surface area (Å²) in [7, 11) is 0. The second-order valence-corrected chi connectivity index (χ2v) is 6.26. The number of nitrogens with one attached hydrogen (secondary N) is 1. The molecule has 4 rings (SSSR count). The number of halogens is 4. The third kappa shape index (κ3) is 2.87. The lowest BCUT2D eigenvalue weighted by molar-refractivity contribution is -0.137. The summed E-state index contributed by atoms with van der Waals surface area (Å²) in [6.07, 6.45) is -3.57. The molecule has 7 heteroatoms. The molecule has 1 aliphatic heterocycles. The Morgan fingerprint density at radius 3 is 2.52 bits per heavy atom. The number of rotatable bonds is 2. The summed E-state index contributed by atoms with van der Waals surface area (Å²) in [6.45, 7) is 0.765. The van der Waals surface area contributed by atoms with Gasteiger partial charge in [-0.15, -0.1) is 0 Å². The van der Waals surface area contributed by atoms with Crippen LogP contribution in [-0.2, 0) is 12.6 Å². The fourth-order valence-corrected chi connectivity index (χ4v) is 3.20. The van der Waals surface area contributed by atoms with Gasteiger partial charge in [0.15, 0.2) is 0 Å². The Balaban J connectivity index is 1.80. The second kappa shape index (κ2) is 5.81. The number of benzene rings is 2. The fraction of sp³-hybridized carbons (Fsp3) is 0.167. The largest absolute Gasteiger partial charge is 0.416 e. The summed E-state index contributed by atoms with van der Waals surface area (Å²) in [5.74, 6) is 0.858. The summed E-state index contributed by atoms with van der Waals surface area (Å²) in [4.78, 5) is 0. The quantitative estimate of drug-likeness (QED) is 0.680. The van der Waals surface area contributed by atoms with Crippen molar-refractivity contribution in [2.75, 3.05) is 11.9 Å². The van der Waals surface area contributed by atoms with Gasteiger partial charge in [-0.2, -0.15) is 18.3 Å². The topological polar surface area (TPSA) is 29.9 Å².